The van der Waals surface area contributed by atoms with Crippen molar-refractivity contribution in [2.45, 2.75) is 24.8 Å². The van der Waals surface area contributed by atoms with Gasteiger partial charge in [0.1, 0.15) is 5.56 Å². The number of aromatic nitrogens is 2. The van der Waals surface area contributed by atoms with Gasteiger partial charge in [-0.3, -0.25) is 9.69 Å². The highest BCUT2D eigenvalue weighted by Crippen LogP contribution is 2.49. The van der Waals surface area contributed by atoms with Crippen LogP contribution in [-0.4, -0.2) is 29.2 Å². The number of hydrogen-bond acceptors (Lipinski definition) is 6. The quantitative estimate of drug-likeness (QED) is 0.582. The van der Waals surface area contributed by atoms with Gasteiger partial charge in [0, 0.05) is 24.0 Å². The number of rotatable bonds is 3. The summed E-state index contributed by atoms with van der Waals surface area (Å²) in [5.41, 5.74) is 4.46. The molecule has 2 aliphatic heterocycles. The van der Waals surface area contributed by atoms with Crippen molar-refractivity contribution in [2.75, 3.05) is 23.5 Å². The Morgan fingerprint density at radius 3 is 2.75 bits per heavy atom. The fraction of sp³-hybridized carbons (Fsp3) is 0.261. The Kier molecular flexibility index (Phi) is 4.54. The number of nitrogens with one attached hydrogen (secondary N) is 2. The van der Waals surface area contributed by atoms with Crippen molar-refractivity contribution in [3.8, 4) is 5.88 Å². The van der Waals surface area contributed by atoms with Gasteiger partial charge < -0.3 is 15.4 Å². The molecule has 0 bridgehead atoms. The van der Waals surface area contributed by atoms with Crippen molar-refractivity contribution in [1.29, 1.82) is 0 Å². The summed E-state index contributed by atoms with van der Waals surface area (Å²) in [5.74, 6) is 0.280. The molecular formula is C23H19Cl2N5O2. The molecule has 1 spiro atoms. The minimum atomic E-state index is -0.316. The summed E-state index contributed by atoms with van der Waals surface area (Å²) in [6.07, 6.45) is 4.84. The minimum absolute atomic E-state index is 0.0429. The van der Waals surface area contributed by atoms with Crippen LogP contribution in [0.5, 0.6) is 5.88 Å². The summed E-state index contributed by atoms with van der Waals surface area (Å²) >= 11 is 12.5. The number of amides is 1. The third-order valence-electron chi connectivity index (χ3n) is 6.26. The summed E-state index contributed by atoms with van der Waals surface area (Å²) in [4.78, 5) is 23.2. The highest BCUT2D eigenvalue weighted by atomic mass is 35.5. The van der Waals surface area contributed by atoms with Gasteiger partial charge in [-0.25, -0.2) is 4.98 Å². The molecule has 2 aromatic carbocycles. The maximum Gasteiger partial charge on any atom is 0.268 e. The second-order valence-electron chi connectivity index (χ2n) is 8.25. The van der Waals surface area contributed by atoms with Crippen LogP contribution >= 0.6 is 23.2 Å². The van der Waals surface area contributed by atoms with Crippen LogP contribution in [0.2, 0.25) is 10.0 Å². The van der Waals surface area contributed by atoms with Crippen LogP contribution in [0, 0.1) is 0 Å². The lowest BCUT2D eigenvalue weighted by atomic mass is 9.92. The first-order valence-electron chi connectivity index (χ1n) is 10.5. The second kappa shape index (κ2) is 7.33. The maximum absolute atomic E-state index is 13.1. The first-order valence-corrected chi connectivity index (χ1v) is 11.2. The van der Waals surface area contributed by atoms with Crippen LogP contribution in [0.1, 0.15) is 34.3 Å². The zero-order valence-electron chi connectivity index (χ0n) is 17.0. The summed E-state index contributed by atoms with van der Waals surface area (Å²) in [6.45, 7) is 0.980. The Hall–Kier alpha value is -2.87. The Balaban J connectivity index is 1.27. The lowest BCUT2D eigenvalue weighted by molar-refractivity contribution is 0.0932. The predicted molar refractivity (Wildman–Crippen MR) is 123 cm³/mol. The Morgan fingerprint density at radius 1 is 1.16 bits per heavy atom. The van der Waals surface area contributed by atoms with Gasteiger partial charge in [0.25, 0.3) is 5.91 Å². The van der Waals surface area contributed by atoms with E-state index in [0.717, 1.165) is 18.7 Å². The average molecular weight is 468 g/mol. The average Bonchev–Trinajstić information content (AvgIpc) is 3.56. The summed E-state index contributed by atoms with van der Waals surface area (Å²) in [7, 11) is 0. The SMILES string of the molecule is O=C1c2cnc(Nc3ccc4c(c3)C3(CC3)NCC4)nc2OCN1c1c(Cl)cccc1Cl. The standard InChI is InChI=1S/C23H19Cl2N5O2/c24-17-2-1-3-18(25)19(17)30-12-32-20-15(21(30)31)11-26-22(29-20)28-14-5-4-13-6-9-27-23(7-8-23)16(13)10-14/h1-5,10-11,27H,6-9,12H2,(H,26,28,29). The molecule has 32 heavy (non-hydrogen) atoms. The van der Waals surface area contributed by atoms with Crippen LogP contribution in [0.15, 0.2) is 42.6 Å². The molecule has 1 saturated carbocycles. The lowest BCUT2D eigenvalue weighted by Crippen LogP contribution is -2.39. The number of carbonyl (C=O) groups is 1. The molecule has 0 atom stereocenters. The first-order chi connectivity index (χ1) is 15.5. The molecule has 3 aromatic rings. The number of para-hydroxylation sites is 1. The van der Waals surface area contributed by atoms with Gasteiger partial charge in [-0.15, -0.1) is 0 Å². The molecule has 1 amide bonds. The fourth-order valence-corrected chi connectivity index (χ4v) is 5.08. The molecule has 0 unspecified atom stereocenters. The van der Waals surface area contributed by atoms with Crippen molar-refractivity contribution in [3.05, 3.63) is 69.3 Å². The van der Waals surface area contributed by atoms with E-state index in [1.807, 2.05) is 6.07 Å². The van der Waals surface area contributed by atoms with Crippen LogP contribution in [0.3, 0.4) is 0 Å². The van der Waals surface area contributed by atoms with Crippen LogP contribution < -0.4 is 20.3 Å². The van der Waals surface area contributed by atoms with Crippen LogP contribution in [-0.2, 0) is 12.0 Å². The van der Waals surface area contributed by atoms with Crippen molar-refractivity contribution >= 4 is 46.4 Å². The first kappa shape index (κ1) is 19.8. The van der Waals surface area contributed by atoms with Crippen molar-refractivity contribution < 1.29 is 9.53 Å². The molecule has 162 valence electrons. The second-order valence-corrected chi connectivity index (χ2v) is 9.06. The number of ether oxygens (including phenoxy) is 1. The Morgan fingerprint density at radius 2 is 1.97 bits per heavy atom. The summed E-state index contributed by atoms with van der Waals surface area (Å²) < 4.78 is 5.77. The van der Waals surface area contributed by atoms with E-state index >= 15 is 0 Å². The molecule has 3 aliphatic rings. The predicted octanol–water partition coefficient (Wildman–Crippen LogP) is 4.66. The number of fused-ring (bicyclic) bond motifs is 3. The molecule has 7 nitrogen and oxygen atoms in total. The molecule has 1 aliphatic carbocycles. The number of halogens is 2. The van der Waals surface area contributed by atoms with Crippen LogP contribution in [0.4, 0.5) is 17.3 Å². The van der Waals surface area contributed by atoms with E-state index in [1.54, 1.807) is 18.2 Å². The Labute approximate surface area is 194 Å². The largest absolute Gasteiger partial charge is 0.455 e. The molecule has 3 heterocycles. The van der Waals surface area contributed by atoms with Gasteiger partial charge >= 0.3 is 0 Å². The van der Waals surface area contributed by atoms with Gasteiger partial charge in [-0.05, 0) is 54.7 Å². The Bertz CT molecular complexity index is 1240. The van der Waals surface area contributed by atoms with E-state index in [2.05, 4.69) is 32.7 Å². The molecule has 1 fully saturated rings. The number of anilines is 3. The molecule has 1 aromatic heterocycles. The summed E-state index contributed by atoms with van der Waals surface area (Å²) in [5, 5.41) is 7.63. The molecule has 0 saturated heterocycles. The lowest BCUT2D eigenvalue weighted by Gasteiger charge is -2.29. The molecular weight excluding hydrogens is 449 g/mol. The molecule has 0 radical (unpaired) electrons. The van der Waals surface area contributed by atoms with Gasteiger partial charge in [0.2, 0.25) is 11.8 Å². The van der Waals surface area contributed by atoms with E-state index in [4.69, 9.17) is 27.9 Å². The van der Waals surface area contributed by atoms with Gasteiger partial charge in [0.05, 0.1) is 15.7 Å². The van der Waals surface area contributed by atoms with E-state index in [1.165, 1.54) is 35.1 Å². The number of nitrogens with zero attached hydrogens (tertiary/aromatic N) is 3. The van der Waals surface area contributed by atoms with Crippen molar-refractivity contribution in [2.24, 2.45) is 0 Å². The molecule has 2 N–H and O–H groups in total. The summed E-state index contributed by atoms with van der Waals surface area (Å²) in [6, 6.07) is 11.5. The van der Waals surface area contributed by atoms with Crippen molar-refractivity contribution in [1.82, 2.24) is 15.3 Å². The van der Waals surface area contributed by atoms with E-state index in [-0.39, 0.29) is 29.6 Å². The smallest absolute Gasteiger partial charge is 0.268 e. The zero-order valence-corrected chi connectivity index (χ0v) is 18.5. The normalized spacial score (nSPS) is 18.1. The maximum atomic E-state index is 13.1. The topological polar surface area (TPSA) is 79.4 Å². The van der Waals surface area contributed by atoms with Gasteiger partial charge in [-0.2, -0.15) is 4.98 Å². The molecule has 9 heteroatoms. The number of carbonyl (C=O) groups excluding carboxylic acids is 1. The van der Waals surface area contributed by atoms with Crippen LogP contribution in [0.25, 0.3) is 0 Å². The van der Waals surface area contributed by atoms with E-state index in [0.29, 0.717) is 21.7 Å². The monoisotopic (exact) mass is 467 g/mol. The van der Waals surface area contributed by atoms with Gasteiger partial charge in [-0.1, -0.05) is 35.3 Å². The van der Waals surface area contributed by atoms with E-state index < -0.39 is 0 Å². The third-order valence-corrected chi connectivity index (χ3v) is 6.87. The fourth-order valence-electron chi connectivity index (χ4n) is 4.48. The van der Waals surface area contributed by atoms with Gasteiger partial charge in [0.15, 0.2) is 6.73 Å². The third kappa shape index (κ3) is 3.20. The number of benzene rings is 2. The molecule has 6 rings (SSSR count). The van der Waals surface area contributed by atoms with Crippen molar-refractivity contribution in [3.63, 3.8) is 0 Å². The highest BCUT2D eigenvalue weighted by Gasteiger charge is 2.46. The number of hydrogen-bond donors (Lipinski definition) is 2. The van der Waals surface area contributed by atoms with E-state index in [9.17, 15) is 4.79 Å². The highest BCUT2D eigenvalue weighted by molar-refractivity contribution is 6.40. The zero-order chi connectivity index (χ0) is 21.9. The minimum Gasteiger partial charge on any atom is -0.455 e.